The first-order valence-corrected chi connectivity index (χ1v) is 26.5. The maximum absolute atomic E-state index is 13.4. The number of benzene rings is 1. The van der Waals surface area contributed by atoms with Crippen LogP contribution in [0.1, 0.15) is 73.6 Å². The lowest BCUT2D eigenvalue weighted by atomic mass is 9.81. The maximum atomic E-state index is 13.4. The van der Waals surface area contributed by atoms with Crippen LogP contribution in [0, 0.1) is 5.92 Å². The zero-order valence-electron chi connectivity index (χ0n) is 31.4. The average Bonchev–Trinajstić information content (AvgIpc) is 3.22. The molecule has 1 aromatic carbocycles. The Hall–Kier alpha value is -1.34. The first-order chi connectivity index (χ1) is 21.0. The molecule has 1 aliphatic rings. The lowest BCUT2D eigenvalue weighted by Crippen LogP contribution is -2.50. The Kier molecular flexibility index (Phi) is 14.5. The molecule has 0 aromatic heterocycles. The third kappa shape index (κ3) is 12.3. The molecule has 9 heteroatoms. The van der Waals surface area contributed by atoms with Gasteiger partial charge in [0, 0.05) is 6.61 Å². The molecule has 0 saturated carbocycles. The van der Waals surface area contributed by atoms with Crippen molar-refractivity contribution in [2.24, 2.45) is 5.92 Å². The first kappa shape index (κ1) is 40.8. The molecule has 262 valence electrons. The fourth-order valence-electron chi connectivity index (χ4n) is 5.22. The first-order valence-electron chi connectivity index (χ1n) is 17.3. The van der Waals surface area contributed by atoms with Crippen molar-refractivity contribution in [3.63, 3.8) is 0 Å². The number of unbranched alkanes of at least 4 members (excludes halogenated alkanes) is 1. The number of ether oxygens (including phenoxy) is 1. The average molecular weight is 691 g/mol. The van der Waals surface area contributed by atoms with Gasteiger partial charge in [0.05, 0.1) is 30.3 Å². The van der Waals surface area contributed by atoms with Crippen LogP contribution in [-0.4, -0.2) is 66.9 Å². The van der Waals surface area contributed by atoms with Crippen molar-refractivity contribution < 1.29 is 27.9 Å². The van der Waals surface area contributed by atoms with Crippen LogP contribution in [0.5, 0.6) is 5.75 Å². The van der Waals surface area contributed by atoms with Gasteiger partial charge in [-0.3, -0.25) is 4.79 Å². The molecule has 0 saturated heterocycles. The Balaban J connectivity index is 2.21. The van der Waals surface area contributed by atoms with Crippen LogP contribution in [0.15, 0.2) is 54.6 Å². The molecule has 4 atom stereocenters. The summed E-state index contributed by atoms with van der Waals surface area (Å²) in [5.41, 5.74) is -0.842. The number of allylic oxidation sites excluding steroid dienone is 1. The number of rotatable bonds is 18. The van der Waals surface area contributed by atoms with Gasteiger partial charge in [0.25, 0.3) is 0 Å². The summed E-state index contributed by atoms with van der Waals surface area (Å²) >= 11 is 0. The monoisotopic (exact) mass is 690 g/mol. The van der Waals surface area contributed by atoms with Gasteiger partial charge in [-0.05, 0) is 112 Å². The van der Waals surface area contributed by atoms with Gasteiger partial charge in [0.15, 0.2) is 30.7 Å². The van der Waals surface area contributed by atoms with Crippen LogP contribution in [0.2, 0.25) is 55.9 Å². The van der Waals surface area contributed by atoms with E-state index in [4.69, 9.17) is 18.0 Å². The second kappa shape index (κ2) is 16.4. The molecule has 0 fully saturated rings. The second-order valence-corrected chi connectivity index (χ2v) is 31.0. The van der Waals surface area contributed by atoms with E-state index in [1.807, 2.05) is 42.5 Å². The molecule has 1 aliphatic carbocycles. The van der Waals surface area contributed by atoms with Crippen molar-refractivity contribution in [1.29, 1.82) is 0 Å². The van der Waals surface area contributed by atoms with Crippen molar-refractivity contribution in [3.05, 3.63) is 54.6 Å². The maximum Gasteiger partial charge on any atom is 0.192 e. The molecule has 0 heterocycles. The number of hydrogen-bond acceptors (Lipinski definition) is 6. The van der Waals surface area contributed by atoms with Crippen LogP contribution in [-0.2, 0) is 18.1 Å². The van der Waals surface area contributed by atoms with E-state index in [0.717, 1.165) is 31.4 Å². The third-order valence-electron chi connectivity index (χ3n) is 9.85. The third-order valence-corrected chi connectivity index (χ3v) is 19.9. The normalized spacial score (nSPS) is 21.3. The van der Waals surface area contributed by atoms with Gasteiger partial charge < -0.3 is 23.1 Å². The molecule has 0 radical (unpaired) electrons. The zero-order valence-corrected chi connectivity index (χ0v) is 34.4. The Morgan fingerprint density at radius 3 is 2.02 bits per heavy atom. The molecule has 4 unspecified atom stereocenters. The fourth-order valence-corrected chi connectivity index (χ4v) is 9.05. The number of para-hydroxylation sites is 1. The van der Waals surface area contributed by atoms with E-state index in [-0.39, 0.29) is 22.0 Å². The van der Waals surface area contributed by atoms with Crippen LogP contribution in [0.25, 0.3) is 0 Å². The van der Waals surface area contributed by atoms with E-state index in [2.05, 4.69) is 87.4 Å². The van der Waals surface area contributed by atoms with E-state index >= 15 is 0 Å². The summed E-state index contributed by atoms with van der Waals surface area (Å²) in [4.78, 5) is 13.4. The molecule has 2 rings (SSSR count). The summed E-state index contributed by atoms with van der Waals surface area (Å²) in [6.45, 7) is 30.3. The van der Waals surface area contributed by atoms with Crippen molar-refractivity contribution in [2.75, 3.05) is 13.2 Å². The lowest BCUT2D eigenvalue weighted by molar-refractivity contribution is -0.126. The molecule has 6 nitrogen and oxygen atoms in total. The number of carbonyl (C=O) groups excluding carboxylic acids is 1. The highest BCUT2D eigenvalue weighted by Gasteiger charge is 2.50. The minimum atomic E-state index is -2.10. The zero-order chi connectivity index (χ0) is 35.0. The number of aliphatic hydroxyl groups is 1. The van der Waals surface area contributed by atoms with E-state index in [1.165, 1.54) is 0 Å². The van der Waals surface area contributed by atoms with Gasteiger partial charge in [-0.2, -0.15) is 0 Å². The van der Waals surface area contributed by atoms with Gasteiger partial charge >= 0.3 is 0 Å². The molecule has 0 spiro atoms. The van der Waals surface area contributed by atoms with Crippen molar-refractivity contribution in [2.45, 2.75) is 147 Å². The molecule has 0 bridgehead atoms. The summed E-state index contributed by atoms with van der Waals surface area (Å²) in [6, 6.07) is 9.81. The summed E-state index contributed by atoms with van der Waals surface area (Å²) < 4.78 is 26.0. The summed E-state index contributed by atoms with van der Waals surface area (Å²) in [7, 11) is -6.02. The minimum Gasteiger partial charge on any atom is -0.494 e. The van der Waals surface area contributed by atoms with Crippen LogP contribution < -0.4 is 4.74 Å². The topological polar surface area (TPSA) is 74.2 Å². The summed E-state index contributed by atoms with van der Waals surface area (Å²) in [5.74, 6) is 0.0764. The molecule has 46 heavy (non-hydrogen) atoms. The molecular formula is C37H66O6Si3. The van der Waals surface area contributed by atoms with E-state index in [1.54, 1.807) is 12.2 Å². The van der Waals surface area contributed by atoms with Crippen molar-refractivity contribution in [3.8, 4) is 5.75 Å². The number of hydrogen-bond donors (Lipinski definition) is 1. The van der Waals surface area contributed by atoms with Gasteiger partial charge in [-0.1, -0.05) is 71.9 Å². The van der Waals surface area contributed by atoms with Crippen LogP contribution >= 0.6 is 0 Å². The quantitative estimate of drug-likeness (QED) is 0.0940. The number of ketones is 1. The van der Waals surface area contributed by atoms with Gasteiger partial charge in [0.2, 0.25) is 0 Å². The van der Waals surface area contributed by atoms with Gasteiger partial charge in [-0.15, -0.1) is 0 Å². The number of carbonyl (C=O) groups is 1. The minimum absolute atomic E-state index is 0.0469. The fraction of sp³-hybridized carbons (Fsp3) is 0.703. The molecular weight excluding hydrogens is 625 g/mol. The molecule has 1 N–H and O–H groups in total. The smallest absolute Gasteiger partial charge is 0.192 e. The molecule has 1 aromatic rings. The highest BCUT2D eigenvalue weighted by atomic mass is 28.4. The Labute approximate surface area is 284 Å². The second-order valence-electron chi connectivity index (χ2n) is 17.0. The molecule has 0 aliphatic heterocycles. The lowest BCUT2D eigenvalue weighted by Gasteiger charge is -2.41. The molecule has 0 amide bonds. The van der Waals surface area contributed by atoms with E-state index in [0.29, 0.717) is 19.6 Å². The largest absolute Gasteiger partial charge is 0.494 e. The van der Waals surface area contributed by atoms with Crippen molar-refractivity contribution >= 4 is 30.7 Å². The Morgan fingerprint density at radius 2 is 1.46 bits per heavy atom. The standard InChI is InChI=1S/C37H66O6Si3/c1-35(2,3)45(10,11)41-29-19-22-31(42-46(12,13)36(4,5)6)23-24-32(38)34-33(39)25-27-37(34,43-44(7,8)9)26-17-18-28-40-30-20-15-14-16-21-30/h14-16,20-21,23-25,27,31-32,34,38H,17-19,22,26,28-29H2,1-13H3. The van der Waals surface area contributed by atoms with E-state index < -0.39 is 42.6 Å². The van der Waals surface area contributed by atoms with Crippen molar-refractivity contribution in [1.82, 2.24) is 0 Å². The highest BCUT2D eigenvalue weighted by molar-refractivity contribution is 6.74. The Morgan fingerprint density at radius 1 is 0.848 bits per heavy atom. The highest BCUT2D eigenvalue weighted by Crippen LogP contribution is 2.42. The summed E-state index contributed by atoms with van der Waals surface area (Å²) in [5, 5.41) is 11.9. The summed E-state index contributed by atoms with van der Waals surface area (Å²) in [6.07, 6.45) is 10.1. The van der Waals surface area contributed by atoms with Gasteiger partial charge in [0.1, 0.15) is 5.75 Å². The van der Waals surface area contributed by atoms with Crippen LogP contribution in [0.3, 0.4) is 0 Å². The SMILES string of the molecule is CC(C)(C)[Si](C)(C)OCCCC(C=CC(O)C1C(=O)C=CC1(CCCCOc1ccccc1)O[Si](C)(C)C)O[Si](C)(C)C(C)(C)C. The predicted molar refractivity (Wildman–Crippen MR) is 200 cm³/mol. The Bertz CT molecular complexity index is 1140. The van der Waals surface area contributed by atoms with Gasteiger partial charge in [-0.25, -0.2) is 0 Å². The van der Waals surface area contributed by atoms with Crippen LogP contribution in [0.4, 0.5) is 0 Å². The predicted octanol–water partition coefficient (Wildman–Crippen LogP) is 9.69. The van der Waals surface area contributed by atoms with E-state index in [9.17, 15) is 9.90 Å². The number of aliphatic hydroxyl groups excluding tert-OH is 1.